The topological polar surface area (TPSA) is 16.1 Å². The van der Waals surface area contributed by atoms with E-state index in [1.54, 1.807) is 0 Å². The van der Waals surface area contributed by atoms with Gasteiger partial charge < -0.3 is 0 Å². The van der Waals surface area contributed by atoms with Crippen molar-refractivity contribution in [1.29, 1.82) is 0 Å². The van der Waals surface area contributed by atoms with Crippen molar-refractivity contribution in [2.45, 2.75) is 0 Å². The monoisotopic (exact) mass is 604 g/mol. The van der Waals surface area contributed by atoms with Crippen molar-refractivity contribution in [1.82, 2.24) is 4.98 Å². The van der Waals surface area contributed by atoms with Crippen LogP contribution in [0.2, 0.25) is 0 Å². The lowest BCUT2D eigenvalue weighted by Gasteiger charge is -2.27. The molecule has 0 amide bonds. The minimum Gasteiger partial charge on any atom is -0.294 e. The number of hydrogen-bond donors (Lipinski definition) is 0. The molecule has 9 rings (SSSR count). The Balaban J connectivity index is 1.32. The van der Waals surface area contributed by atoms with Gasteiger partial charge in [-0.15, -0.1) is 11.3 Å². The molecule has 0 saturated carbocycles. The number of anilines is 3. The highest BCUT2D eigenvalue weighted by Gasteiger charge is 2.22. The van der Waals surface area contributed by atoms with Crippen LogP contribution in [0.15, 0.2) is 170 Å². The number of pyridine rings is 1. The van der Waals surface area contributed by atoms with Gasteiger partial charge in [-0.05, 0) is 74.8 Å². The van der Waals surface area contributed by atoms with E-state index in [2.05, 4.69) is 169 Å². The zero-order chi connectivity index (χ0) is 30.5. The Morgan fingerprint density at radius 3 is 1.85 bits per heavy atom. The second-order valence-corrected chi connectivity index (χ2v) is 12.7. The van der Waals surface area contributed by atoms with Crippen molar-refractivity contribution in [2.24, 2.45) is 0 Å². The van der Waals surface area contributed by atoms with Crippen LogP contribution in [0.1, 0.15) is 0 Å². The van der Waals surface area contributed by atoms with E-state index < -0.39 is 0 Å². The van der Waals surface area contributed by atoms with E-state index in [0.717, 1.165) is 17.2 Å². The Hall–Kier alpha value is -5.77. The lowest BCUT2D eigenvalue weighted by atomic mass is 9.96. The van der Waals surface area contributed by atoms with Crippen LogP contribution in [0.5, 0.6) is 0 Å². The van der Waals surface area contributed by atoms with E-state index >= 15 is 0 Å². The fourth-order valence-corrected chi connectivity index (χ4v) is 7.84. The van der Waals surface area contributed by atoms with Crippen molar-refractivity contribution in [3.05, 3.63) is 170 Å². The zero-order valence-electron chi connectivity index (χ0n) is 25.0. The standard InChI is InChI=1S/C43H28N2S/c1-3-11-29(12-4-1)30-19-21-34(22-20-30)45(39-24-23-35(31-13-5-2-6-14-31)36-17-9-10-18-37(36)39)43-42-38-27-32-15-7-8-16-33(32)28-41(38)46-40(42)25-26-44-43/h1-28H. The van der Waals surface area contributed by atoms with E-state index in [4.69, 9.17) is 4.98 Å². The van der Waals surface area contributed by atoms with Crippen LogP contribution in [0.3, 0.4) is 0 Å². The van der Waals surface area contributed by atoms with Crippen LogP contribution >= 0.6 is 11.3 Å². The third-order valence-electron chi connectivity index (χ3n) is 8.90. The summed E-state index contributed by atoms with van der Waals surface area (Å²) >= 11 is 1.83. The van der Waals surface area contributed by atoms with Crippen LogP contribution in [0.25, 0.3) is 64.0 Å². The third-order valence-corrected chi connectivity index (χ3v) is 10.0. The molecule has 46 heavy (non-hydrogen) atoms. The largest absolute Gasteiger partial charge is 0.294 e. The molecule has 0 radical (unpaired) electrons. The predicted octanol–water partition coefficient (Wildman–Crippen LogP) is 12.6. The Kier molecular flexibility index (Phi) is 6.36. The van der Waals surface area contributed by atoms with Crippen molar-refractivity contribution in [2.75, 3.05) is 4.90 Å². The molecule has 0 fully saturated rings. The van der Waals surface area contributed by atoms with Gasteiger partial charge in [0.1, 0.15) is 5.82 Å². The summed E-state index contributed by atoms with van der Waals surface area (Å²) in [7, 11) is 0. The molecule has 0 aliphatic heterocycles. The highest BCUT2D eigenvalue weighted by atomic mass is 32.1. The number of rotatable bonds is 5. The third kappa shape index (κ3) is 4.44. The summed E-state index contributed by atoms with van der Waals surface area (Å²) in [5.74, 6) is 0.934. The SMILES string of the molecule is c1ccc(-c2ccc(N(c3ccc(-c4ccccc4)c4ccccc34)c3nccc4sc5cc6ccccc6cc5c34)cc2)cc1. The van der Waals surface area contributed by atoms with Gasteiger partial charge in [0.15, 0.2) is 0 Å². The molecular formula is C43H28N2S. The maximum absolute atomic E-state index is 5.16. The number of nitrogens with zero attached hydrogens (tertiary/aromatic N) is 2. The summed E-state index contributed by atoms with van der Waals surface area (Å²) in [6, 6.07) is 58.8. The van der Waals surface area contributed by atoms with Crippen LogP contribution in [-0.4, -0.2) is 4.98 Å². The summed E-state index contributed by atoms with van der Waals surface area (Å²) in [6.07, 6.45) is 1.96. The molecule has 0 saturated heterocycles. The van der Waals surface area contributed by atoms with Crippen molar-refractivity contribution in [3.63, 3.8) is 0 Å². The normalized spacial score (nSPS) is 11.5. The molecule has 0 N–H and O–H groups in total. The van der Waals surface area contributed by atoms with Gasteiger partial charge in [0.25, 0.3) is 0 Å². The highest BCUT2D eigenvalue weighted by Crippen LogP contribution is 2.47. The number of thiophene rings is 1. The van der Waals surface area contributed by atoms with E-state index in [1.807, 2.05) is 17.5 Å². The Morgan fingerprint density at radius 1 is 0.457 bits per heavy atom. The first-order valence-electron chi connectivity index (χ1n) is 15.5. The molecule has 2 nitrogen and oxygen atoms in total. The predicted molar refractivity (Wildman–Crippen MR) is 198 cm³/mol. The number of aromatic nitrogens is 1. The first kappa shape index (κ1) is 26.6. The lowest BCUT2D eigenvalue weighted by molar-refractivity contribution is 1.21. The van der Waals surface area contributed by atoms with Gasteiger partial charge in [0.05, 0.1) is 5.69 Å². The Labute approximate surface area is 271 Å². The van der Waals surface area contributed by atoms with Gasteiger partial charge in [-0.2, -0.15) is 0 Å². The van der Waals surface area contributed by atoms with Crippen LogP contribution < -0.4 is 4.90 Å². The van der Waals surface area contributed by atoms with Crippen molar-refractivity contribution < 1.29 is 0 Å². The maximum Gasteiger partial charge on any atom is 0.146 e. The fourth-order valence-electron chi connectivity index (χ4n) is 6.72. The van der Waals surface area contributed by atoms with Gasteiger partial charge in [0.2, 0.25) is 0 Å². The van der Waals surface area contributed by atoms with E-state index in [-0.39, 0.29) is 0 Å². The summed E-state index contributed by atoms with van der Waals surface area (Å²) < 4.78 is 2.50. The molecule has 0 aliphatic carbocycles. The minimum absolute atomic E-state index is 0.934. The second kappa shape index (κ2) is 11.0. The highest BCUT2D eigenvalue weighted by molar-refractivity contribution is 7.26. The molecule has 2 aromatic heterocycles. The molecule has 9 aromatic rings. The van der Waals surface area contributed by atoms with Gasteiger partial charge in [-0.1, -0.05) is 127 Å². The van der Waals surface area contributed by atoms with Crippen LogP contribution in [-0.2, 0) is 0 Å². The first-order chi connectivity index (χ1) is 22.8. The van der Waals surface area contributed by atoms with Gasteiger partial charge in [0, 0.05) is 37.4 Å². The van der Waals surface area contributed by atoms with Gasteiger partial charge in [-0.3, -0.25) is 4.90 Å². The molecule has 0 unspecified atom stereocenters. The first-order valence-corrected chi connectivity index (χ1v) is 16.4. The summed E-state index contributed by atoms with van der Waals surface area (Å²) in [5.41, 5.74) is 6.99. The van der Waals surface area contributed by atoms with Crippen LogP contribution in [0, 0.1) is 0 Å². The van der Waals surface area contributed by atoms with Gasteiger partial charge in [-0.25, -0.2) is 4.98 Å². The average Bonchev–Trinajstić information content (AvgIpc) is 3.50. The molecule has 0 aliphatic rings. The Bertz CT molecular complexity index is 2520. The molecule has 216 valence electrons. The van der Waals surface area contributed by atoms with Crippen LogP contribution in [0.4, 0.5) is 17.2 Å². The van der Waals surface area contributed by atoms with Gasteiger partial charge >= 0.3 is 0 Å². The molecule has 0 spiro atoms. The molecule has 0 atom stereocenters. The number of hydrogen-bond acceptors (Lipinski definition) is 3. The molecule has 0 bridgehead atoms. The van der Waals surface area contributed by atoms with E-state index in [1.165, 1.54) is 64.0 Å². The van der Waals surface area contributed by atoms with E-state index in [0.29, 0.717) is 0 Å². The smallest absolute Gasteiger partial charge is 0.146 e. The van der Waals surface area contributed by atoms with Crippen molar-refractivity contribution >= 4 is 70.2 Å². The average molecular weight is 605 g/mol. The Morgan fingerprint density at radius 2 is 1.09 bits per heavy atom. The quantitative estimate of drug-likeness (QED) is 0.194. The number of benzene rings is 7. The molecule has 2 heterocycles. The molecule has 7 aromatic carbocycles. The van der Waals surface area contributed by atoms with Crippen molar-refractivity contribution in [3.8, 4) is 22.3 Å². The molecular weight excluding hydrogens is 577 g/mol. The minimum atomic E-state index is 0.934. The summed E-state index contributed by atoms with van der Waals surface area (Å²) in [4.78, 5) is 7.52. The maximum atomic E-state index is 5.16. The van der Waals surface area contributed by atoms with E-state index in [9.17, 15) is 0 Å². The fraction of sp³-hybridized carbons (Fsp3) is 0. The summed E-state index contributed by atoms with van der Waals surface area (Å²) in [5, 5.41) is 7.30. The summed E-state index contributed by atoms with van der Waals surface area (Å²) in [6.45, 7) is 0. The second-order valence-electron chi connectivity index (χ2n) is 11.6. The lowest BCUT2D eigenvalue weighted by Crippen LogP contribution is -2.12. The zero-order valence-corrected chi connectivity index (χ0v) is 25.8. The molecule has 3 heteroatoms. The number of fused-ring (bicyclic) bond motifs is 5.